The van der Waals surface area contributed by atoms with Crippen molar-refractivity contribution in [3.05, 3.63) is 29.8 Å². The minimum absolute atomic E-state index is 0.126. The van der Waals surface area contributed by atoms with E-state index >= 15 is 0 Å². The fourth-order valence-corrected chi connectivity index (χ4v) is 2.48. The summed E-state index contributed by atoms with van der Waals surface area (Å²) in [4.78, 5) is 14.1. The first-order chi connectivity index (χ1) is 8.54. The van der Waals surface area contributed by atoms with E-state index in [0.29, 0.717) is 18.5 Å². The van der Waals surface area contributed by atoms with E-state index in [2.05, 4.69) is 19.2 Å². The van der Waals surface area contributed by atoms with Crippen LogP contribution in [-0.4, -0.2) is 41.1 Å². The van der Waals surface area contributed by atoms with Gasteiger partial charge in [-0.3, -0.25) is 4.79 Å². The highest BCUT2D eigenvalue weighted by Crippen LogP contribution is 2.13. The van der Waals surface area contributed by atoms with E-state index in [1.54, 1.807) is 18.2 Å². The van der Waals surface area contributed by atoms with Crippen LogP contribution in [0.3, 0.4) is 0 Å². The molecule has 1 aromatic rings. The first kappa shape index (κ1) is 12.9. The molecule has 4 nitrogen and oxygen atoms in total. The molecule has 18 heavy (non-hydrogen) atoms. The Morgan fingerprint density at radius 2 is 2.06 bits per heavy atom. The molecule has 98 valence electrons. The van der Waals surface area contributed by atoms with Crippen molar-refractivity contribution in [1.82, 2.24) is 10.2 Å². The van der Waals surface area contributed by atoms with Crippen molar-refractivity contribution in [2.45, 2.75) is 32.4 Å². The minimum Gasteiger partial charge on any atom is -0.508 e. The van der Waals surface area contributed by atoms with Crippen LogP contribution in [-0.2, 0) is 11.2 Å². The summed E-state index contributed by atoms with van der Waals surface area (Å²) in [5, 5.41) is 12.8. The molecule has 2 atom stereocenters. The number of phenols is 1. The molecular formula is C14H20N2O2. The van der Waals surface area contributed by atoms with Crippen LogP contribution >= 0.6 is 0 Å². The van der Waals surface area contributed by atoms with E-state index in [0.717, 1.165) is 18.7 Å². The van der Waals surface area contributed by atoms with Crippen molar-refractivity contribution in [3.8, 4) is 5.75 Å². The predicted molar refractivity (Wildman–Crippen MR) is 70.5 cm³/mol. The lowest BCUT2D eigenvalue weighted by Gasteiger charge is -2.36. The van der Waals surface area contributed by atoms with Gasteiger partial charge in [0.05, 0.1) is 6.42 Å². The number of rotatable bonds is 2. The molecular weight excluding hydrogens is 228 g/mol. The number of hydrogen-bond donors (Lipinski definition) is 2. The maximum absolute atomic E-state index is 12.2. The second kappa shape index (κ2) is 5.40. The van der Waals surface area contributed by atoms with E-state index < -0.39 is 0 Å². The number of nitrogens with one attached hydrogen (secondary N) is 1. The second-order valence-electron chi connectivity index (χ2n) is 5.11. The van der Waals surface area contributed by atoms with Crippen LogP contribution in [0, 0.1) is 0 Å². The maximum Gasteiger partial charge on any atom is 0.227 e. The number of hydrogen-bond acceptors (Lipinski definition) is 3. The molecule has 1 aliphatic rings. The summed E-state index contributed by atoms with van der Waals surface area (Å²) >= 11 is 0. The van der Waals surface area contributed by atoms with Crippen LogP contribution in [0.1, 0.15) is 19.4 Å². The third kappa shape index (κ3) is 3.23. The van der Waals surface area contributed by atoms with Crippen molar-refractivity contribution < 1.29 is 9.90 Å². The van der Waals surface area contributed by atoms with E-state index in [-0.39, 0.29) is 11.7 Å². The number of carbonyl (C=O) groups excluding carboxylic acids is 1. The lowest BCUT2D eigenvalue weighted by molar-refractivity contribution is -0.132. The van der Waals surface area contributed by atoms with Gasteiger partial charge < -0.3 is 15.3 Å². The summed E-state index contributed by atoms with van der Waals surface area (Å²) < 4.78 is 0. The van der Waals surface area contributed by atoms with Gasteiger partial charge in [-0.15, -0.1) is 0 Å². The zero-order valence-corrected chi connectivity index (χ0v) is 10.9. The van der Waals surface area contributed by atoms with Crippen LogP contribution in [0.25, 0.3) is 0 Å². The van der Waals surface area contributed by atoms with Crippen molar-refractivity contribution in [2.75, 3.05) is 13.1 Å². The zero-order chi connectivity index (χ0) is 13.1. The summed E-state index contributed by atoms with van der Waals surface area (Å²) in [5.74, 6) is 0.336. The van der Waals surface area contributed by atoms with Gasteiger partial charge in [-0.1, -0.05) is 12.1 Å². The molecule has 1 aliphatic heterocycles. The van der Waals surface area contributed by atoms with Crippen molar-refractivity contribution in [2.24, 2.45) is 0 Å². The van der Waals surface area contributed by atoms with Gasteiger partial charge in [-0.2, -0.15) is 0 Å². The second-order valence-corrected chi connectivity index (χ2v) is 5.11. The highest BCUT2D eigenvalue weighted by atomic mass is 16.3. The summed E-state index contributed by atoms with van der Waals surface area (Å²) in [6, 6.07) is 7.56. The molecule has 1 aromatic carbocycles. The molecule has 0 aromatic heterocycles. The first-order valence-corrected chi connectivity index (χ1v) is 6.36. The topological polar surface area (TPSA) is 52.6 Å². The summed E-state index contributed by atoms with van der Waals surface area (Å²) in [6.07, 6.45) is 0.355. The fraction of sp³-hybridized carbons (Fsp3) is 0.500. The lowest BCUT2D eigenvalue weighted by Crippen LogP contribution is -2.56. The minimum atomic E-state index is 0.126. The number of aromatic hydroxyl groups is 1. The third-order valence-electron chi connectivity index (χ3n) is 3.18. The molecule has 0 spiro atoms. The largest absolute Gasteiger partial charge is 0.508 e. The number of carbonyl (C=O) groups is 1. The molecule has 4 heteroatoms. The van der Waals surface area contributed by atoms with Gasteiger partial charge >= 0.3 is 0 Å². The molecule has 2 N–H and O–H groups in total. The molecule has 1 heterocycles. The highest BCUT2D eigenvalue weighted by Gasteiger charge is 2.24. The zero-order valence-electron chi connectivity index (χ0n) is 10.9. The number of amides is 1. The molecule has 1 amide bonds. The van der Waals surface area contributed by atoms with E-state index in [1.165, 1.54) is 0 Å². The average Bonchev–Trinajstić information content (AvgIpc) is 2.27. The monoisotopic (exact) mass is 248 g/mol. The highest BCUT2D eigenvalue weighted by molar-refractivity contribution is 5.79. The smallest absolute Gasteiger partial charge is 0.227 e. The molecule has 2 rings (SSSR count). The standard InChI is InChI=1S/C14H20N2O2/c1-10-8-16(9-11(2)15-10)14(18)7-12-4-3-5-13(17)6-12/h3-6,10-11,15,17H,7-9H2,1-2H3. The Labute approximate surface area is 108 Å². The molecule has 0 saturated carbocycles. The SMILES string of the molecule is CC1CN(C(=O)Cc2cccc(O)c2)CC(C)N1. The third-order valence-corrected chi connectivity index (χ3v) is 3.18. The predicted octanol–water partition coefficient (Wildman–Crippen LogP) is 1.14. The number of piperazine rings is 1. The summed E-state index contributed by atoms with van der Waals surface area (Å²) in [5.41, 5.74) is 0.860. The molecule has 0 bridgehead atoms. The van der Waals surface area contributed by atoms with E-state index in [4.69, 9.17) is 0 Å². The molecule has 0 radical (unpaired) electrons. The van der Waals surface area contributed by atoms with Gasteiger partial charge in [0.25, 0.3) is 0 Å². The van der Waals surface area contributed by atoms with Crippen LogP contribution < -0.4 is 5.32 Å². The van der Waals surface area contributed by atoms with Gasteiger partial charge in [-0.25, -0.2) is 0 Å². The fourth-order valence-electron chi connectivity index (χ4n) is 2.48. The Morgan fingerprint density at radius 1 is 1.39 bits per heavy atom. The summed E-state index contributed by atoms with van der Waals surface area (Å²) in [6.45, 7) is 5.68. The molecule has 1 fully saturated rings. The van der Waals surface area contributed by atoms with Crippen molar-refractivity contribution in [1.29, 1.82) is 0 Å². The normalized spacial score (nSPS) is 24.0. The quantitative estimate of drug-likeness (QED) is 0.825. The van der Waals surface area contributed by atoms with Crippen LogP contribution in [0.2, 0.25) is 0 Å². The number of benzene rings is 1. The number of nitrogens with zero attached hydrogens (tertiary/aromatic N) is 1. The van der Waals surface area contributed by atoms with E-state index in [9.17, 15) is 9.90 Å². The van der Waals surface area contributed by atoms with Crippen molar-refractivity contribution >= 4 is 5.91 Å². The van der Waals surface area contributed by atoms with Gasteiger partial charge in [0, 0.05) is 25.2 Å². The van der Waals surface area contributed by atoms with Gasteiger partial charge in [0.15, 0.2) is 0 Å². The Morgan fingerprint density at radius 3 is 2.67 bits per heavy atom. The first-order valence-electron chi connectivity index (χ1n) is 6.36. The molecule has 2 unspecified atom stereocenters. The maximum atomic E-state index is 12.2. The Kier molecular flexibility index (Phi) is 3.87. The molecule has 1 saturated heterocycles. The van der Waals surface area contributed by atoms with Crippen molar-refractivity contribution in [3.63, 3.8) is 0 Å². The Hall–Kier alpha value is -1.55. The van der Waals surface area contributed by atoms with E-state index in [1.807, 2.05) is 11.0 Å². The Bertz CT molecular complexity index is 424. The van der Waals surface area contributed by atoms with Gasteiger partial charge in [-0.05, 0) is 31.5 Å². The van der Waals surface area contributed by atoms with Gasteiger partial charge in [0.2, 0.25) is 5.91 Å². The number of phenolic OH excluding ortho intramolecular Hbond substituents is 1. The lowest BCUT2D eigenvalue weighted by atomic mass is 10.1. The van der Waals surface area contributed by atoms with Crippen LogP contribution in [0.15, 0.2) is 24.3 Å². The summed E-state index contributed by atoms with van der Waals surface area (Å²) in [7, 11) is 0. The molecule has 0 aliphatic carbocycles. The average molecular weight is 248 g/mol. The van der Waals surface area contributed by atoms with Crippen LogP contribution in [0.4, 0.5) is 0 Å². The van der Waals surface area contributed by atoms with Crippen LogP contribution in [0.5, 0.6) is 5.75 Å². The Balaban J connectivity index is 1.99. The van der Waals surface area contributed by atoms with Gasteiger partial charge in [0.1, 0.15) is 5.75 Å².